The quantitative estimate of drug-likeness (QED) is 0.0222. The Kier molecular flexibility index (Phi) is 30.3. The molecular weight excluding hydrogens is 1460 g/mol. The van der Waals surface area contributed by atoms with E-state index in [2.05, 4.69) is 26.3 Å². The van der Waals surface area contributed by atoms with Gasteiger partial charge in [-0.1, -0.05) is 33.2 Å². The van der Waals surface area contributed by atoms with Crippen molar-refractivity contribution in [2.75, 3.05) is 53.6 Å². The zero-order valence-corrected chi connectivity index (χ0v) is 70.8. The average Bonchev–Trinajstić information content (AvgIpc) is 0.781. The van der Waals surface area contributed by atoms with Crippen molar-refractivity contribution in [2.45, 2.75) is 303 Å². The Morgan fingerprint density at radius 3 is 0.887 bits per heavy atom. The average molecular weight is 1600 g/mol. The summed E-state index contributed by atoms with van der Waals surface area (Å²) in [5.74, 6) is 14.4. The van der Waals surface area contributed by atoms with Gasteiger partial charge in [0.1, 0.15) is 23.4 Å². The SMILES string of the molecule is C=C(C)C(=O)OC1(C)CCC(C(=O)OCOCC2C3CC4CC(C3)CC2C4)CC1.C=C(C)C(=O)OC1(CC)CCC(C(=O)OCOCC2C3CC4CC(C3)CC2C4)CC1.C=C(C)C(=O)OC1CCC(C(=O)OCOCC2C3CC4CC(C3)CC2C4)CC1.C=C(C)C(=O)OC1CCCC(C(=O)OCOCC2C3CC4CC(C3)CC2C4)C1. The van der Waals surface area contributed by atoms with Gasteiger partial charge in [-0.25, -0.2) is 19.2 Å². The van der Waals surface area contributed by atoms with Crippen LogP contribution in [0.3, 0.4) is 0 Å². The van der Waals surface area contributed by atoms with E-state index in [1.54, 1.807) is 27.7 Å². The molecule has 115 heavy (non-hydrogen) atoms. The third-order valence-electron chi connectivity index (χ3n) is 31.9. The summed E-state index contributed by atoms with van der Waals surface area (Å²) in [5, 5.41) is 0. The first-order chi connectivity index (χ1) is 55.2. The van der Waals surface area contributed by atoms with Crippen LogP contribution in [-0.4, -0.2) is 125 Å². The van der Waals surface area contributed by atoms with Gasteiger partial charge in [0.2, 0.25) is 0 Å². The van der Waals surface area contributed by atoms with Crippen molar-refractivity contribution >= 4 is 47.8 Å². The fourth-order valence-corrected chi connectivity index (χ4v) is 26.3. The van der Waals surface area contributed by atoms with Crippen LogP contribution in [0.1, 0.15) is 279 Å². The lowest BCUT2D eigenvalue weighted by atomic mass is 9.52. The number of hydrogen-bond acceptors (Lipinski definition) is 20. The van der Waals surface area contributed by atoms with Gasteiger partial charge in [0.05, 0.1) is 50.1 Å². The highest BCUT2D eigenvalue weighted by Gasteiger charge is 2.53. The molecule has 20 rings (SSSR count). The molecule has 0 N–H and O–H groups in total. The summed E-state index contributed by atoms with van der Waals surface area (Å²) >= 11 is 0. The standard InChI is InChI=1S/C25H38O5.C24H36O5.2C23H34O5/c1-4-25(30-23(26)16(2)3)7-5-19(6-8-25)24(27)29-15-28-14-22-20-10-17-9-18(12-20)13-21(22)11-17;1-15(2)22(25)29-24(3)6-4-18(5-7-24)23(26)28-14-27-13-21-19-9-16-8-17(11-19)12-20(21)10-16;1-14(2)22(24)28-20-5-3-17(4-6-20)23(25)27-13-26-12-21-18-8-15-7-16(10-18)11-19(21)9-15;1-14(2)22(24)28-20-5-3-4-17(11-20)23(25)27-13-26-12-21-18-7-15-6-16(9-18)10-19(21)8-15/h17-22H,2,4-15H2,1,3H3;16-21H,1,4-14H2,2-3H3;2*15-21H,1,3-13H2,2H3. The number of rotatable bonds is 29. The third kappa shape index (κ3) is 23.0. The Bertz CT molecular complexity index is 3290. The minimum Gasteiger partial charge on any atom is -0.459 e. The molecule has 20 aliphatic rings. The molecule has 20 fully saturated rings. The maximum Gasteiger partial charge on any atom is 0.333 e. The third-order valence-corrected chi connectivity index (χ3v) is 31.9. The second-order valence-corrected chi connectivity index (χ2v) is 40.4. The number of carbonyl (C=O) groups is 8. The molecule has 20 saturated carbocycles. The van der Waals surface area contributed by atoms with Crippen molar-refractivity contribution < 1.29 is 95.2 Å². The van der Waals surface area contributed by atoms with Crippen LogP contribution in [0.4, 0.5) is 0 Å². The highest BCUT2D eigenvalue weighted by molar-refractivity contribution is 5.88. The molecule has 0 aliphatic heterocycles. The van der Waals surface area contributed by atoms with Gasteiger partial charge in [-0.3, -0.25) is 19.2 Å². The van der Waals surface area contributed by atoms with E-state index in [4.69, 9.17) is 56.8 Å². The highest BCUT2D eigenvalue weighted by atomic mass is 16.7. The van der Waals surface area contributed by atoms with Crippen LogP contribution in [0.5, 0.6) is 0 Å². The van der Waals surface area contributed by atoms with Gasteiger partial charge in [0.25, 0.3) is 0 Å². The van der Waals surface area contributed by atoms with Crippen molar-refractivity contribution in [3.8, 4) is 0 Å². The Morgan fingerprint density at radius 2 is 0.583 bits per heavy atom. The maximum absolute atomic E-state index is 12.5. The first-order valence-electron chi connectivity index (χ1n) is 45.7. The van der Waals surface area contributed by atoms with Crippen LogP contribution in [-0.2, 0) is 95.2 Å². The summed E-state index contributed by atoms with van der Waals surface area (Å²) < 4.78 is 67.0. The molecule has 0 amide bonds. The lowest BCUT2D eigenvalue weighted by Crippen LogP contribution is -2.46. The molecule has 642 valence electrons. The van der Waals surface area contributed by atoms with Gasteiger partial charge in [-0.2, -0.15) is 0 Å². The van der Waals surface area contributed by atoms with Crippen molar-refractivity contribution in [1.82, 2.24) is 0 Å². The summed E-state index contributed by atoms with van der Waals surface area (Å²) in [6.07, 6.45) is 39.7. The normalized spacial score (nSPS) is 39.4. The van der Waals surface area contributed by atoms with Crippen LogP contribution in [0.2, 0.25) is 0 Å². The fourth-order valence-electron chi connectivity index (χ4n) is 26.3. The lowest BCUT2D eigenvalue weighted by molar-refractivity contribution is -0.173. The topological polar surface area (TPSA) is 247 Å². The van der Waals surface area contributed by atoms with Crippen LogP contribution in [0.25, 0.3) is 0 Å². The summed E-state index contributed by atoms with van der Waals surface area (Å²) in [5.41, 5.74) is 0.649. The second kappa shape index (κ2) is 39.8. The molecule has 20 nitrogen and oxygen atoms in total. The molecule has 0 aromatic carbocycles. The zero-order chi connectivity index (χ0) is 81.2. The highest BCUT2D eigenvalue weighted by Crippen LogP contribution is 2.60. The van der Waals surface area contributed by atoms with E-state index in [-0.39, 0.29) is 111 Å². The lowest BCUT2D eigenvalue weighted by Gasteiger charge is -2.54. The summed E-state index contributed by atoms with van der Waals surface area (Å²) in [6, 6.07) is 0. The van der Waals surface area contributed by atoms with Gasteiger partial charge >= 0.3 is 47.8 Å². The van der Waals surface area contributed by atoms with E-state index < -0.39 is 11.2 Å². The van der Waals surface area contributed by atoms with E-state index in [9.17, 15) is 38.4 Å². The van der Waals surface area contributed by atoms with Gasteiger partial charge in [0.15, 0.2) is 27.2 Å². The smallest absolute Gasteiger partial charge is 0.333 e. The number of hydrogen-bond donors (Lipinski definition) is 0. The fraction of sp³-hybridized carbons (Fsp3) is 0.832. The van der Waals surface area contributed by atoms with Gasteiger partial charge in [0, 0.05) is 22.3 Å². The summed E-state index contributed by atoms with van der Waals surface area (Å²) in [7, 11) is 0. The maximum atomic E-state index is 12.5. The van der Waals surface area contributed by atoms with Gasteiger partial charge in [-0.15, -0.1) is 0 Å². The number of esters is 8. The molecule has 2 atom stereocenters. The second-order valence-electron chi connectivity index (χ2n) is 40.4. The predicted molar refractivity (Wildman–Crippen MR) is 430 cm³/mol. The largest absolute Gasteiger partial charge is 0.459 e. The van der Waals surface area contributed by atoms with E-state index in [1.807, 2.05) is 13.8 Å². The molecule has 20 aliphatic carbocycles. The Hall–Kier alpha value is -5.44. The summed E-state index contributed by atoms with van der Waals surface area (Å²) in [4.78, 5) is 96.7. The minimum absolute atomic E-state index is 0.0500. The first-order valence-corrected chi connectivity index (χ1v) is 45.7. The molecule has 16 bridgehead atoms. The van der Waals surface area contributed by atoms with Crippen molar-refractivity contribution in [2.24, 2.45) is 142 Å². The molecule has 0 radical (unpaired) electrons. The molecule has 0 aromatic heterocycles. The van der Waals surface area contributed by atoms with Gasteiger partial charge in [-0.05, 0) is 391 Å². The molecule has 0 spiro atoms. The van der Waals surface area contributed by atoms with Crippen LogP contribution < -0.4 is 0 Å². The minimum atomic E-state index is -0.511. The van der Waals surface area contributed by atoms with Crippen LogP contribution in [0, 0.1) is 142 Å². The first kappa shape index (κ1) is 87.4. The van der Waals surface area contributed by atoms with Gasteiger partial charge < -0.3 is 56.8 Å². The van der Waals surface area contributed by atoms with E-state index >= 15 is 0 Å². The zero-order valence-electron chi connectivity index (χ0n) is 70.8. The molecule has 0 heterocycles. The predicted octanol–water partition coefficient (Wildman–Crippen LogP) is 18.2. The van der Waals surface area contributed by atoms with E-state index in [0.717, 1.165) is 147 Å². The van der Waals surface area contributed by atoms with E-state index in [0.29, 0.717) is 129 Å². The van der Waals surface area contributed by atoms with Crippen LogP contribution >= 0.6 is 0 Å². The molecule has 0 saturated heterocycles. The molecule has 0 aromatic rings. The van der Waals surface area contributed by atoms with E-state index in [1.165, 1.54) is 128 Å². The summed E-state index contributed by atoms with van der Waals surface area (Å²) in [6.45, 7) is 28.3. The Balaban J connectivity index is 0.000000134. The Labute approximate surface area is 686 Å². The molecule has 20 heteroatoms. The van der Waals surface area contributed by atoms with Crippen LogP contribution in [0.15, 0.2) is 48.6 Å². The molecular formula is C95H142O20. The van der Waals surface area contributed by atoms with Crippen molar-refractivity contribution in [1.29, 1.82) is 0 Å². The number of ether oxygens (including phenoxy) is 12. The monoisotopic (exact) mass is 1600 g/mol. The van der Waals surface area contributed by atoms with Crippen molar-refractivity contribution in [3.05, 3.63) is 48.6 Å². The molecule has 2 unspecified atom stereocenters. The van der Waals surface area contributed by atoms with Crippen molar-refractivity contribution in [3.63, 3.8) is 0 Å². The number of carbonyl (C=O) groups excluding carboxylic acids is 8. The Morgan fingerprint density at radius 1 is 0.304 bits per heavy atom.